The van der Waals surface area contributed by atoms with Gasteiger partial charge in [-0.15, -0.1) is 0 Å². The van der Waals surface area contributed by atoms with Gasteiger partial charge in [0.15, 0.2) is 13.9 Å². The maximum atomic E-state index is 5.57. The van der Waals surface area contributed by atoms with Crippen LogP contribution < -0.4 is 20.7 Å². The number of hydrogen-bond donors (Lipinski definition) is 0. The van der Waals surface area contributed by atoms with Crippen LogP contribution in [0.15, 0.2) is 309 Å². The molecule has 14 aromatic rings. The van der Waals surface area contributed by atoms with E-state index < -0.39 is 8.07 Å². The molecule has 2 heterocycles. The first-order valence-electron chi connectivity index (χ1n) is 28.5. The Kier molecular flexibility index (Phi) is 11.4. The summed E-state index contributed by atoms with van der Waals surface area (Å²) in [6.45, 7) is 0. The van der Waals surface area contributed by atoms with E-state index in [1.807, 2.05) is 0 Å². The van der Waals surface area contributed by atoms with Gasteiger partial charge < -0.3 is 4.57 Å². The van der Waals surface area contributed by atoms with Crippen LogP contribution in [-0.4, -0.2) is 22.6 Å². The maximum absolute atomic E-state index is 5.57. The second-order valence-electron chi connectivity index (χ2n) is 21.8. The van der Waals surface area contributed by atoms with Crippen molar-refractivity contribution in [3.8, 4) is 61.8 Å². The molecule has 3 nitrogen and oxygen atoms in total. The molecule has 4 heteroatoms. The van der Waals surface area contributed by atoms with E-state index in [0.717, 1.165) is 50.4 Å². The predicted molar refractivity (Wildman–Crippen MR) is 342 cm³/mol. The molecule has 0 fully saturated rings. The zero-order valence-corrected chi connectivity index (χ0v) is 45.9. The van der Waals surface area contributed by atoms with Gasteiger partial charge >= 0.3 is 0 Å². The maximum Gasteiger partial charge on any atom is 0.179 e. The standard InChI is InChI=1S/C78H53N3Si/c1-5-26-52(27-6-1)54-30-23-35-57(50-54)82(55-31-9-3-10-32-55,56-33-11-4-12-34-56)73-49-25-45-67-74-63-40-15-16-41-64(63)77(76(67)73)75-62(43-24-44-66(74)75)58-36-13-14-37-59(58)68-51-69(80-78(79-68)53-28-7-2-8-29-53)65-42-19-22-48-72(65)81-70-46-20-17-38-60(70)61-39-18-21-47-71(61)81/h1-51,74,77H. The Labute approximate surface area is 478 Å². The third-order valence-electron chi connectivity index (χ3n) is 17.6. The van der Waals surface area contributed by atoms with Crippen LogP contribution in [0.3, 0.4) is 0 Å². The number of rotatable bonds is 10. The second kappa shape index (κ2) is 19.5. The summed E-state index contributed by atoms with van der Waals surface area (Å²) in [5, 5.41) is 7.96. The van der Waals surface area contributed by atoms with Crippen molar-refractivity contribution < 1.29 is 0 Å². The third-order valence-corrected chi connectivity index (χ3v) is 22.4. The van der Waals surface area contributed by atoms with Crippen LogP contribution in [0, 0.1) is 0 Å². The molecule has 0 amide bonds. The van der Waals surface area contributed by atoms with Gasteiger partial charge in [-0.05, 0) is 101 Å². The summed E-state index contributed by atoms with van der Waals surface area (Å²) in [4.78, 5) is 11.1. The number of fused-ring (bicyclic) bond motifs is 3. The van der Waals surface area contributed by atoms with Crippen LogP contribution in [-0.2, 0) is 0 Å². The lowest BCUT2D eigenvalue weighted by atomic mass is 9.60. The molecule has 0 N–H and O–H groups in total. The van der Waals surface area contributed by atoms with Gasteiger partial charge in [-0.3, -0.25) is 0 Å². The van der Waals surface area contributed by atoms with Crippen LogP contribution in [0.2, 0.25) is 0 Å². The van der Waals surface area contributed by atoms with Gasteiger partial charge in [0.1, 0.15) is 0 Å². The topological polar surface area (TPSA) is 30.7 Å². The number of aromatic nitrogens is 3. The average Bonchev–Trinajstić information content (AvgIpc) is 1.99. The molecule has 0 saturated heterocycles. The fraction of sp³-hybridized carbons (Fsp3) is 0.0256. The first kappa shape index (κ1) is 47.7. The second-order valence-corrected chi connectivity index (χ2v) is 25.6. The van der Waals surface area contributed by atoms with Crippen molar-refractivity contribution in [2.75, 3.05) is 0 Å². The fourth-order valence-electron chi connectivity index (χ4n) is 14.2. The first-order valence-corrected chi connectivity index (χ1v) is 30.5. The Balaban J connectivity index is 0.933. The van der Waals surface area contributed by atoms with Gasteiger partial charge in [0, 0.05) is 39.3 Å². The lowest BCUT2D eigenvalue weighted by Gasteiger charge is -2.47. The zero-order chi connectivity index (χ0) is 54.1. The molecule has 2 unspecified atom stereocenters. The third kappa shape index (κ3) is 7.42. The van der Waals surface area contributed by atoms with Gasteiger partial charge in [-0.1, -0.05) is 285 Å². The Bertz CT molecular complexity index is 4670. The molecule has 0 spiro atoms. The van der Waals surface area contributed by atoms with E-state index in [2.05, 4.69) is 314 Å². The SMILES string of the molecule is c1ccc(-c2cccc([Si](c3ccccc3)(c3ccccc3)c3cccc4c3C3c5ccccc5C4c4cccc(-c5ccccc5-c5cc(-c6ccccc6-n6c7ccccc7c7ccccc76)nc(-c6ccccc6)n5)c43)c2)cc1. The van der Waals surface area contributed by atoms with Crippen LogP contribution >= 0.6 is 0 Å². The minimum atomic E-state index is -3.14. The quantitative estimate of drug-likeness (QED) is 0.101. The highest BCUT2D eigenvalue weighted by Crippen LogP contribution is 2.58. The van der Waals surface area contributed by atoms with E-state index in [0.29, 0.717) is 5.82 Å². The van der Waals surface area contributed by atoms with Crippen molar-refractivity contribution in [2.45, 2.75) is 11.8 Å². The molecule has 2 bridgehead atoms. The summed E-state index contributed by atoms with van der Waals surface area (Å²) in [5.74, 6) is 0.642. The zero-order valence-electron chi connectivity index (χ0n) is 44.9. The highest BCUT2D eigenvalue weighted by molar-refractivity contribution is 7.20. The van der Waals surface area contributed by atoms with E-state index in [1.165, 1.54) is 81.6 Å². The summed E-state index contributed by atoms with van der Waals surface area (Å²) in [6, 6.07) is 115. The van der Waals surface area contributed by atoms with E-state index in [4.69, 9.17) is 9.97 Å². The number of para-hydroxylation sites is 3. The lowest BCUT2D eigenvalue weighted by Crippen LogP contribution is -2.75. The molecule has 0 saturated carbocycles. The molecule has 0 aliphatic heterocycles. The normalized spacial score (nSPS) is 14.1. The monoisotopic (exact) mass is 1060 g/mol. The molecule has 3 aliphatic carbocycles. The Morgan fingerprint density at radius 3 is 1.41 bits per heavy atom. The van der Waals surface area contributed by atoms with Crippen LogP contribution in [0.5, 0.6) is 0 Å². The Hall–Kier alpha value is -10.3. The minimum Gasteiger partial charge on any atom is -0.309 e. The molecular weight excluding hydrogens is 1010 g/mol. The molecule has 0 radical (unpaired) electrons. The van der Waals surface area contributed by atoms with Crippen LogP contribution in [0.4, 0.5) is 0 Å². The van der Waals surface area contributed by atoms with Crippen molar-refractivity contribution in [3.63, 3.8) is 0 Å². The van der Waals surface area contributed by atoms with Crippen molar-refractivity contribution in [1.82, 2.24) is 14.5 Å². The van der Waals surface area contributed by atoms with Crippen molar-refractivity contribution in [1.29, 1.82) is 0 Å². The lowest BCUT2D eigenvalue weighted by molar-refractivity contribution is 0.760. The van der Waals surface area contributed by atoms with Gasteiger partial charge in [0.25, 0.3) is 0 Å². The van der Waals surface area contributed by atoms with Crippen LogP contribution in [0.25, 0.3) is 83.6 Å². The average molecular weight is 1060 g/mol. The van der Waals surface area contributed by atoms with E-state index in [-0.39, 0.29) is 11.8 Å². The highest BCUT2D eigenvalue weighted by Gasteiger charge is 2.50. The summed E-state index contributed by atoms with van der Waals surface area (Å²) in [6.07, 6.45) is 0. The summed E-state index contributed by atoms with van der Waals surface area (Å²) in [7, 11) is -3.14. The molecule has 3 aliphatic rings. The molecule has 2 aromatic heterocycles. The predicted octanol–water partition coefficient (Wildman–Crippen LogP) is 16.3. The first-order chi connectivity index (χ1) is 40.7. The number of benzene rings is 12. The molecule has 82 heavy (non-hydrogen) atoms. The van der Waals surface area contributed by atoms with E-state index >= 15 is 0 Å². The van der Waals surface area contributed by atoms with E-state index in [1.54, 1.807) is 0 Å². The number of nitrogens with zero attached hydrogens (tertiary/aromatic N) is 3. The summed E-state index contributed by atoms with van der Waals surface area (Å²) < 4.78 is 2.40. The molecule has 12 aromatic carbocycles. The van der Waals surface area contributed by atoms with Gasteiger partial charge in [-0.2, -0.15) is 0 Å². The molecular formula is C78H53N3Si. The Morgan fingerprint density at radius 2 is 0.744 bits per heavy atom. The minimum absolute atomic E-state index is 0.0276. The molecule has 17 rings (SSSR count). The highest BCUT2D eigenvalue weighted by atomic mass is 28.3. The smallest absolute Gasteiger partial charge is 0.179 e. The van der Waals surface area contributed by atoms with Crippen molar-refractivity contribution in [2.24, 2.45) is 0 Å². The van der Waals surface area contributed by atoms with Gasteiger partial charge in [0.2, 0.25) is 0 Å². The summed E-state index contributed by atoms with van der Waals surface area (Å²) in [5.41, 5.74) is 21.3. The molecule has 2 atom stereocenters. The van der Waals surface area contributed by atoms with Gasteiger partial charge in [-0.25, -0.2) is 9.97 Å². The molecule has 384 valence electrons. The largest absolute Gasteiger partial charge is 0.309 e. The summed E-state index contributed by atoms with van der Waals surface area (Å²) >= 11 is 0. The van der Waals surface area contributed by atoms with Gasteiger partial charge in [0.05, 0.1) is 28.1 Å². The number of hydrogen-bond acceptors (Lipinski definition) is 2. The van der Waals surface area contributed by atoms with Crippen LogP contribution in [0.1, 0.15) is 45.2 Å². The van der Waals surface area contributed by atoms with E-state index in [9.17, 15) is 0 Å². The Morgan fingerprint density at radius 1 is 0.293 bits per heavy atom. The van der Waals surface area contributed by atoms with Crippen molar-refractivity contribution >= 4 is 50.6 Å². The van der Waals surface area contributed by atoms with Crippen molar-refractivity contribution in [3.05, 3.63) is 343 Å². The fourth-order valence-corrected chi connectivity index (χ4v) is 19.3.